The molecule has 0 unspecified atom stereocenters. The largest absolute Gasteiger partial charge is 0.103 e. The van der Waals surface area contributed by atoms with Crippen molar-refractivity contribution in [1.29, 1.82) is 0 Å². The van der Waals surface area contributed by atoms with E-state index in [1.807, 2.05) is 18.2 Å². The van der Waals surface area contributed by atoms with Crippen LogP contribution in [0.25, 0.3) is 0 Å². The fourth-order valence-corrected chi connectivity index (χ4v) is 1.03. The molecule has 0 aromatic heterocycles. The van der Waals surface area contributed by atoms with E-state index in [0.29, 0.717) is 0 Å². The fourth-order valence-electron chi connectivity index (χ4n) is 1.03. The summed E-state index contributed by atoms with van der Waals surface area (Å²) in [5.41, 5.74) is 0. The van der Waals surface area contributed by atoms with Gasteiger partial charge in [-0.1, -0.05) is 36.1 Å². The van der Waals surface area contributed by atoms with E-state index < -0.39 is 0 Å². The van der Waals surface area contributed by atoms with Gasteiger partial charge in [0.05, 0.1) is 0 Å². The Morgan fingerprint density at radius 1 is 0.941 bits per heavy atom. The average molecular weight is 222 g/mol. The van der Waals surface area contributed by atoms with Gasteiger partial charge < -0.3 is 0 Å². The predicted octanol–water partition coefficient (Wildman–Crippen LogP) is 3.88. The van der Waals surface area contributed by atoms with E-state index >= 15 is 0 Å². The summed E-state index contributed by atoms with van der Waals surface area (Å²) in [5.74, 6) is 16.1. The van der Waals surface area contributed by atoms with Crippen molar-refractivity contribution in [2.24, 2.45) is 0 Å². The summed E-state index contributed by atoms with van der Waals surface area (Å²) in [7, 11) is 0. The predicted molar refractivity (Wildman–Crippen MR) is 75.9 cm³/mol. The number of hydrogen-bond acceptors (Lipinski definition) is 0. The summed E-state index contributed by atoms with van der Waals surface area (Å²) in [6.07, 6.45) is 14.5. The fraction of sp³-hybridized carbons (Fsp3) is 0.294. The number of allylic oxidation sites excluding steroid dienone is 5. The molecule has 0 aliphatic rings. The van der Waals surface area contributed by atoms with Crippen molar-refractivity contribution in [2.45, 2.75) is 32.6 Å². The van der Waals surface area contributed by atoms with Crippen molar-refractivity contribution in [3.63, 3.8) is 0 Å². The van der Waals surface area contributed by atoms with Crippen LogP contribution in [0.3, 0.4) is 0 Å². The normalized spacial score (nSPS) is 8.76. The van der Waals surface area contributed by atoms with Gasteiger partial charge in [0.1, 0.15) is 0 Å². The van der Waals surface area contributed by atoms with Gasteiger partial charge in [-0.3, -0.25) is 0 Å². The lowest BCUT2D eigenvalue weighted by atomic mass is 10.2. The van der Waals surface area contributed by atoms with Crippen LogP contribution in [0.4, 0.5) is 0 Å². The number of hydrogen-bond donors (Lipinski definition) is 0. The minimum absolute atomic E-state index is 1.11. The Morgan fingerprint density at radius 3 is 2.47 bits per heavy atom. The lowest BCUT2D eigenvalue weighted by molar-refractivity contribution is 0.763. The SMILES string of the molecule is C=CCCCCC=CC=CC#CC#CC#CC. The van der Waals surface area contributed by atoms with Gasteiger partial charge in [0.2, 0.25) is 0 Å². The van der Waals surface area contributed by atoms with Gasteiger partial charge in [-0.2, -0.15) is 0 Å². The molecular formula is C17H18. The Balaban J connectivity index is 3.65. The number of rotatable bonds is 6. The first-order valence-corrected chi connectivity index (χ1v) is 5.76. The van der Waals surface area contributed by atoms with E-state index in [4.69, 9.17) is 0 Å². The third-order valence-electron chi connectivity index (χ3n) is 1.84. The van der Waals surface area contributed by atoms with Crippen molar-refractivity contribution in [3.8, 4) is 35.5 Å². The maximum absolute atomic E-state index is 3.69. The smallest absolute Gasteiger partial charge is 0.000709 e. The van der Waals surface area contributed by atoms with Gasteiger partial charge in [0, 0.05) is 0 Å². The first-order valence-electron chi connectivity index (χ1n) is 5.76. The summed E-state index contributed by atoms with van der Waals surface area (Å²) >= 11 is 0. The molecule has 0 radical (unpaired) electrons. The summed E-state index contributed by atoms with van der Waals surface area (Å²) in [4.78, 5) is 0. The second kappa shape index (κ2) is 13.9. The first-order chi connectivity index (χ1) is 8.41. The van der Waals surface area contributed by atoms with Gasteiger partial charge in [-0.05, 0) is 62.4 Å². The second-order valence-electron chi connectivity index (χ2n) is 3.25. The molecule has 0 fully saturated rings. The van der Waals surface area contributed by atoms with Crippen LogP contribution in [-0.2, 0) is 0 Å². The van der Waals surface area contributed by atoms with Crippen LogP contribution in [0.15, 0.2) is 37.0 Å². The van der Waals surface area contributed by atoms with Crippen molar-refractivity contribution in [1.82, 2.24) is 0 Å². The van der Waals surface area contributed by atoms with Crippen molar-refractivity contribution in [3.05, 3.63) is 37.0 Å². The molecule has 0 nitrogen and oxygen atoms in total. The topological polar surface area (TPSA) is 0 Å². The lowest BCUT2D eigenvalue weighted by Gasteiger charge is -1.90. The highest BCUT2D eigenvalue weighted by Crippen LogP contribution is 2.00. The maximum atomic E-state index is 3.69. The monoisotopic (exact) mass is 222 g/mol. The van der Waals surface area contributed by atoms with Gasteiger partial charge in [0.25, 0.3) is 0 Å². The summed E-state index contributed by atoms with van der Waals surface area (Å²) in [6, 6.07) is 0. The van der Waals surface area contributed by atoms with Crippen LogP contribution in [0.1, 0.15) is 32.6 Å². The van der Waals surface area contributed by atoms with Crippen LogP contribution < -0.4 is 0 Å². The molecule has 17 heavy (non-hydrogen) atoms. The molecule has 0 amide bonds. The zero-order chi connectivity index (χ0) is 12.6. The molecule has 0 aliphatic heterocycles. The minimum Gasteiger partial charge on any atom is -0.103 e. The van der Waals surface area contributed by atoms with E-state index in [0.717, 1.165) is 12.8 Å². The Bertz CT molecular complexity index is 428. The molecule has 0 saturated carbocycles. The molecule has 0 heteroatoms. The Kier molecular flexibility index (Phi) is 12.2. The highest BCUT2D eigenvalue weighted by molar-refractivity contribution is 5.37. The van der Waals surface area contributed by atoms with Crippen LogP contribution >= 0.6 is 0 Å². The third-order valence-corrected chi connectivity index (χ3v) is 1.84. The zero-order valence-corrected chi connectivity index (χ0v) is 10.4. The van der Waals surface area contributed by atoms with Gasteiger partial charge >= 0.3 is 0 Å². The van der Waals surface area contributed by atoms with E-state index in [2.05, 4.69) is 48.2 Å². The maximum Gasteiger partial charge on any atom is -0.000709 e. The van der Waals surface area contributed by atoms with Crippen molar-refractivity contribution in [2.75, 3.05) is 0 Å². The standard InChI is InChI=1S/C17H18/c1-3-5-7-9-11-13-15-17-16-14-12-10-8-6-4-2/h3,13,15-17H,1,5,7,9,11H2,2H3. The minimum atomic E-state index is 1.11. The van der Waals surface area contributed by atoms with Crippen LogP contribution in [0, 0.1) is 35.5 Å². The highest BCUT2D eigenvalue weighted by atomic mass is 13.9. The highest BCUT2D eigenvalue weighted by Gasteiger charge is 1.80. The number of unbranched alkanes of at least 4 members (excludes halogenated alkanes) is 3. The second-order valence-corrected chi connectivity index (χ2v) is 3.25. The molecular weight excluding hydrogens is 204 g/mol. The van der Waals surface area contributed by atoms with Crippen LogP contribution in [0.5, 0.6) is 0 Å². The molecule has 0 atom stereocenters. The average Bonchev–Trinajstić information content (AvgIpc) is 2.35. The molecule has 0 rings (SSSR count). The molecule has 0 heterocycles. The molecule has 0 saturated heterocycles. The van der Waals surface area contributed by atoms with Gasteiger partial charge in [0.15, 0.2) is 0 Å². The first kappa shape index (κ1) is 14.9. The molecule has 0 aromatic rings. The van der Waals surface area contributed by atoms with Crippen LogP contribution in [0.2, 0.25) is 0 Å². The quantitative estimate of drug-likeness (QED) is 0.277. The molecule has 0 aromatic carbocycles. The molecule has 86 valence electrons. The van der Waals surface area contributed by atoms with E-state index in [1.165, 1.54) is 12.8 Å². The van der Waals surface area contributed by atoms with Gasteiger partial charge in [-0.25, -0.2) is 0 Å². The molecule has 0 aliphatic carbocycles. The Hall–Kier alpha value is -2.10. The van der Waals surface area contributed by atoms with Crippen molar-refractivity contribution < 1.29 is 0 Å². The third kappa shape index (κ3) is 13.9. The van der Waals surface area contributed by atoms with E-state index in [-0.39, 0.29) is 0 Å². The summed E-state index contributed by atoms with van der Waals surface area (Å²) in [6.45, 7) is 5.44. The Labute approximate surface area is 106 Å². The van der Waals surface area contributed by atoms with E-state index in [9.17, 15) is 0 Å². The lowest BCUT2D eigenvalue weighted by Crippen LogP contribution is -1.70. The van der Waals surface area contributed by atoms with Crippen LogP contribution in [-0.4, -0.2) is 0 Å². The van der Waals surface area contributed by atoms with Gasteiger partial charge in [-0.15, -0.1) is 6.58 Å². The molecule has 0 N–H and O–H groups in total. The van der Waals surface area contributed by atoms with E-state index in [1.54, 1.807) is 13.0 Å². The molecule has 0 spiro atoms. The zero-order valence-electron chi connectivity index (χ0n) is 10.4. The Morgan fingerprint density at radius 2 is 1.71 bits per heavy atom. The van der Waals surface area contributed by atoms with Crippen molar-refractivity contribution >= 4 is 0 Å². The summed E-state index contributed by atoms with van der Waals surface area (Å²) in [5, 5.41) is 0. The summed E-state index contributed by atoms with van der Waals surface area (Å²) < 4.78 is 0. The molecule has 0 bridgehead atoms.